The van der Waals surface area contributed by atoms with Crippen LogP contribution in [0.1, 0.15) is 24.1 Å². The fraction of sp³-hybridized carbons (Fsp3) is 0.389. The molecule has 0 unspecified atom stereocenters. The largest absolute Gasteiger partial charge is 0.379 e. The van der Waals surface area contributed by atoms with Crippen LogP contribution >= 0.6 is 0 Å². The van der Waals surface area contributed by atoms with Crippen molar-refractivity contribution in [2.24, 2.45) is 0 Å². The molecule has 0 spiro atoms. The molecular formula is C18H21F2N3O. The Balaban J connectivity index is 1.59. The molecule has 0 aliphatic carbocycles. The Bertz CT molecular complexity index is 672. The van der Waals surface area contributed by atoms with Crippen LogP contribution in [-0.4, -0.2) is 36.2 Å². The lowest BCUT2D eigenvalue weighted by atomic mass is 10.1. The number of nitrogens with one attached hydrogen (secondary N) is 1. The van der Waals surface area contributed by atoms with Gasteiger partial charge in [0.1, 0.15) is 5.82 Å². The van der Waals surface area contributed by atoms with Crippen LogP contribution in [0, 0.1) is 11.6 Å². The summed E-state index contributed by atoms with van der Waals surface area (Å²) in [6, 6.07) is 7.69. The molecule has 0 amide bonds. The van der Waals surface area contributed by atoms with Crippen LogP contribution in [0.25, 0.3) is 0 Å². The molecule has 1 saturated heterocycles. The number of hydrogen-bond acceptors (Lipinski definition) is 4. The third-order valence-corrected chi connectivity index (χ3v) is 4.14. The second kappa shape index (κ2) is 7.68. The number of aromatic nitrogens is 1. The van der Waals surface area contributed by atoms with Gasteiger partial charge in [-0.2, -0.15) is 0 Å². The maximum absolute atomic E-state index is 13.3. The van der Waals surface area contributed by atoms with Gasteiger partial charge in [0.25, 0.3) is 0 Å². The van der Waals surface area contributed by atoms with E-state index >= 15 is 0 Å². The molecule has 1 N–H and O–H groups in total. The summed E-state index contributed by atoms with van der Waals surface area (Å²) in [6.07, 6.45) is 1.84. The van der Waals surface area contributed by atoms with Gasteiger partial charge in [-0.1, -0.05) is 12.1 Å². The predicted octanol–water partition coefficient (Wildman–Crippen LogP) is 3.37. The van der Waals surface area contributed by atoms with Crippen molar-refractivity contribution < 1.29 is 13.5 Å². The fourth-order valence-corrected chi connectivity index (χ4v) is 2.71. The molecule has 1 aliphatic rings. The van der Waals surface area contributed by atoms with Gasteiger partial charge in [0.2, 0.25) is 0 Å². The van der Waals surface area contributed by atoms with Crippen molar-refractivity contribution in [2.75, 3.05) is 31.6 Å². The van der Waals surface area contributed by atoms with Gasteiger partial charge in [0, 0.05) is 25.8 Å². The number of pyridine rings is 1. The van der Waals surface area contributed by atoms with Crippen LogP contribution in [0.4, 0.5) is 14.6 Å². The Morgan fingerprint density at radius 3 is 2.62 bits per heavy atom. The molecule has 0 bridgehead atoms. The second-order valence-corrected chi connectivity index (χ2v) is 5.98. The summed E-state index contributed by atoms with van der Waals surface area (Å²) in [4.78, 5) is 6.74. The first-order chi connectivity index (χ1) is 11.6. The molecule has 1 aromatic carbocycles. The van der Waals surface area contributed by atoms with Gasteiger partial charge in [-0.25, -0.2) is 13.8 Å². The zero-order valence-electron chi connectivity index (χ0n) is 13.6. The molecule has 1 atom stereocenters. The monoisotopic (exact) mass is 333 g/mol. The maximum atomic E-state index is 13.3. The average Bonchev–Trinajstić information content (AvgIpc) is 2.60. The minimum Gasteiger partial charge on any atom is -0.379 e. The quantitative estimate of drug-likeness (QED) is 0.910. The summed E-state index contributed by atoms with van der Waals surface area (Å²) in [7, 11) is 0. The van der Waals surface area contributed by atoms with Crippen LogP contribution in [0.3, 0.4) is 0 Å². The van der Waals surface area contributed by atoms with E-state index in [0.717, 1.165) is 44.5 Å². The topological polar surface area (TPSA) is 37.4 Å². The molecule has 2 heterocycles. The van der Waals surface area contributed by atoms with Gasteiger partial charge in [-0.05, 0) is 36.2 Å². The van der Waals surface area contributed by atoms with Gasteiger partial charge in [0.05, 0.1) is 19.3 Å². The van der Waals surface area contributed by atoms with Gasteiger partial charge < -0.3 is 10.1 Å². The third kappa shape index (κ3) is 4.27. The molecule has 0 saturated carbocycles. The molecule has 24 heavy (non-hydrogen) atoms. The van der Waals surface area contributed by atoms with Gasteiger partial charge in [-0.15, -0.1) is 0 Å². The minimum atomic E-state index is -0.838. The summed E-state index contributed by atoms with van der Waals surface area (Å²) < 4.78 is 31.7. The highest BCUT2D eigenvalue weighted by Crippen LogP contribution is 2.20. The van der Waals surface area contributed by atoms with Gasteiger partial charge in [0.15, 0.2) is 11.6 Å². The number of halogens is 2. The number of rotatable bonds is 5. The van der Waals surface area contributed by atoms with E-state index in [1.54, 1.807) is 6.07 Å². The number of ether oxygens (including phenoxy) is 1. The Labute approximate surface area is 140 Å². The molecule has 0 radical (unpaired) electrons. The highest BCUT2D eigenvalue weighted by Gasteiger charge is 2.12. The lowest BCUT2D eigenvalue weighted by Crippen LogP contribution is -2.35. The Morgan fingerprint density at radius 2 is 1.96 bits per heavy atom. The Kier molecular flexibility index (Phi) is 5.37. The van der Waals surface area contributed by atoms with Crippen molar-refractivity contribution in [3.63, 3.8) is 0 Å². The van der Waals surface area contributed by atoms with Crippen molar-refractivity contribution >= 4 is 5.82 Å². The van der Waals surface area contributed by atoms with Crippen LogP contribution in [0.15, 0.2) is 36.5 Å². The molecular weight excluding hydrogens is 312 g/mol. The summed E-state index contributed by atoms with van der Waals surface area (Å²) >= 11 is 0. The summed E-state index contributed by atoms with van der Waals surface area (Å²) in [5.74, 6) is -0.968. The van der Waals surface area contributed by atoms with Crippen molar-refractivity contribution in [2.45, 2.75) is 19.5 Å². The van der Waals surface area contributed by atoms with E-state index < -0.39 is 11.6 Å². The molecule has 1 aliphatic heterocycles. The first-order valence-corrected chi connectivity index (χ1v) is 8.08. The average molecular weight is 333 g/mol. The van der Waals surface area contributed by atoms with Crippen LogP contribution in [-0.2, 0) is 11.3 Å². The van der Waals surface area contributed by atoms with E-state index in [2.05, 4.69) is 15.2 Å². The van der Waals surface area contributed by atoms with Gasteiger partial charge >= 0.3 is 0 Å². The summed E-state index contributed by atoms with van der Waals surface area (Å²) in [6.45, 7) is 6.17. The van der Waals surface area contributed by atoms with Crippen LogP contribution in [0.2, 0.25) is 0 Å². The number of morpholine rings is 1. The van der Waals surface area contributed by atoms with Crippen LogP contribution < -0.4 is 5.32 Å². The standard InChI is InChI=1S/C18H21F2N3O/c1-13(15-3-4-16(19)17(20)10-15)22-18-5-2-14(11-21-18)12-23-6-8-24-9-7-23/h2-5,10-11,13H,6-9,12H2,1H3,(H,21,22)/t13-/m1/s1. The van der Waals surface area contributed by atoms with E-state index in [9.17, 15) is 8.78 Å². The third-order valence-electron chi connectivity index (χ3n) is 4.14. The molecule has 4 nitrogen and oxygen atoms in total. The Morgan fingerprint density at radius 1 is 1.17 bits per heavy atom. The number of hydrogen-bond donors (Lipinski definition) is 1. The van der Waals surface area contributed by atoms with Crippen molar-refractivity contribution in [1.29, 1.82) is 0 Å². The highest BCUT2D eigenvalue weighted by atomic mass is 19.2. The van der Waals surface area contributed by atoms with E-state index in [0.29, 0.717) is 11.4 Å². The molecule has 3 rings (SSSR count). The summed E-state index contributed by atoms with van der Waals surface area (Å²) in [5.41, 5.74) is 1.82. The number of benzene rings is 1. The normalized spacial score (nSPS) is 16.8. The first kappa shape index (κ1) is 16.8. The van der Waals surface area contributed by atoms with Crippen LogP contribution in [0.5, 0.6) is 0 Å². The number of anilines is 1. The number of nitrogens with zero attached hydrogens (tertiary/aromatic N) is 2. The van der Waals surface area contributed by atoms with Crippen molar-refractivity contribution in [3.05, 3.63) is 59.3 Å². The maximum Gasteiger partial charge on any atom is 0.159 e. The zero-order valence-corrected chi connectivity index (χ0v) is 13.6. The smallest absolute Gasteiger partial charge is 0.159 e. The minimum absolute atomic E-state index is 0.169. The van der Waals surface area contributed by atoms with E-state index in [1.165, 1.54) is 6.07 Å². The molecule has 128 valence electrons. The summed E-state index contributed by atoms with van der Waals surface area (Å²) in [5, 5.41) is 3.20. The molecule has 1 fully saturated rings. The fourth-order valence-electron chi connectivity index (χ4n) is 2.71. The van der Waals surface area contributed by atoms with E-state index in [4.69, 9.17) is 4.74 Å². The zero-order chi connectivity index (χ0) is 16.9. The molecule has 6 heteroatoms. The lowest BCUT2D eigenvalue weighted by molar-refractivity contribution is 0.0341. The van der Waals surface area contributed by atoms with Crippen molar-refractivity contribution in [1.82, 2.24) is 9.88 Å². The predicted molar refractivity (Wildman–Crippen MR) is 88.7 cm³/mol. The highest BCUT2D eigenvalue weighted by molar-refractivity contribution is 5.39. The second-order valence-electron chi connectivity index (χ2n) is 5.98. The van der Waals surface area contributed by atoms with Gasteiger partial charge in [-0.3, -0.25) is 4.90 Å². The van der Waals surface area contributed by atoms with E-state index in [1.807, 2.05) is 25.3 Å². The Hall–Kier alpha value is -2.05. The SMILES string of the molecule is C[C@@H](Nc1ccc(CN2CCOCC2)cn1)c1ccc(F)c(F)c1. The molecule has 1 aromatic heterocycles. The van der Waals surface area contributed by atoms with Crippen molar-refractivity contribution in [3.8, 4) is 0 Å². The lowest BCUT2D eigenvalue weighted by Gasteiger charge is -2.26. The first-order valence-electron chi connectivity index (χ1n) is 8.08. The van der Waals surface area contributed by atoms with E-state index in [-0.39, 0.29) is 6.04 Å². The molecule has 2 aromatic rings.